The van der Waals surface area contributed by atoms with Gasteiger partial charge in [0, 0.05) is 51.0 Å². The van der Waals surface area contributed by atoms with Gasteiger partial charge in [-0.25, -0.2) is 0 Å². The molecule has 156 valence electrons. The summed E-state index contributed by atoms with van der Waals surface area (Å²) in [6.07, 6.45) is -3.24. The summed E-state index contributed by atoms with van der Waals surface area (Å²) >= 11 is 0. The number of carbonyl (C=O) groups excluding carboxylic acids is 1. The number of ether oxygens (including phenoxy) is 3. The number of alkyl halides is 3. The van der Waals surface area contributed by atoms with Gasteiger partial charge in [0.2, 0.25) is 0 Å². The van der Waals surface area contributed by atoms with Crippen LogP contribution in [0.4, 0.5) is 13.2 Å². The number of rotatable bonds is 6. The number of amides is 1. The van der Waals surface area contributed by atoms with Gasteiger partial charge in [-0.3, -0.25) is 9.69 Å². The van der Waals surface area contributed by atoms with Gasteiger partial charge in [0.15, 0.2) is 0 Å². The average Bonchev–Trinajstić information content (AvgIpc) is 2.69. The maximum absolute atomic E-state index is 13.1. The topological polar surface area (TPSA) is 51.2 Å². The van der Waals surface area contributed by atoms with Crippen molar-refractivity contribution in [3.05, 3.63) is 29.8 Å². The highest BCUT2D eigenvalue weighted by atomic mass is 19.4. The molecule has 2 saturated heterocycles. The van der Waals surface area contributed by atoms with Gasteiger partial charge in [0.05, 0.1) is 13.2 Å². The summed E-state index contributed by atoms with van der Waals surface area (Å²) in [5.41, 5.74) is 0.350. The SMILES string of the molecule is O=C(c1ccc(OC(F)(F)F)cc1)N(CCN1CCOCC1)C1CCOCC1. The summed E-state index contributed by atoms with van der Waals surface area (Å²) in [4.78, 5) is 17.2. The third kappa shape index (κ3) is 6.08. The van der Waals surface area contributed by atoms with E-state index in [0.717, 1.165) is 32.5 Å². The van der Waals surface area contributed by atoms with Crippen LogP contribution >= 0.6 is 0 Å². The van der Waals surface area contributed by atoms with Crippen molar-refractivity contribution in [1.29, 1.82) is 0 Å². The zero-order valence-corrected chi connectivity index (χ0v) is 15.6. The zero-order chi connectivity index (χ0) is 20.0. The molecule has 1 aromatic rings. The van der Waals surface area contributed by atoms with Gasteiger partial charge in [-0.2, -0.15) is 0 Å². The van der Waals surface area contributed by atoms with Crippen LogP contribution in [0.1, 0.15) is 23.2 Å². The van der Waals surface area contributed by atoms with Gasteiger partial charge in [0.1, 0.15) is 5.75 Å². The lowest BCUT2D eigenvalue weighted by Crippen LogP contribution is -2.48. The Morgan fingerprint density at radius 3 is 2.29 bits per heavy atom. The average molecular weight is 402 g/mol. The standard InChI is InChI=1S/C19H25F3N2O4/c20-19(21,22)28-17-3-1-15(2-4-17)18(25)24(16-5-11-26-12-6-16)8-7-23-9-13-27-14-10-23/h1-4,16H,5-14H2. The molecule has 6 nitrogen and oxygen atoms in total. The Morgan fingerprint density at radius 1 is 1.07 bits per heavy atom. The molecule has 1 aromatic carbocycles. The Hall–Kier alpha value is -1.84. The first-order valence-electron chi connectivity index (χ1n) is 9.47. The number of halogens is 3. The van der Waals surface area contributed by atoms with Crippen molar-refractivity contribution in [1.82, 2.24) is 9.80 Å². The highest BCUT2D eigenvalue weighted by Crippen LogP contribution is 2.24. The molecule has 3 rings (SSSR count). The van der Waals surface area contributed by atoms with E-state index in [-0.39, 0.29) is 17.7 Å². The van der Waals surface area contributed by atoms with Crippen molar-refractivity contribution >= 4 is 5.91 Å². The first-order valence-corrected chi connectivity index (χ1v) is 9.47. The van der Waals surface area contributed by atoms with Crippen LogP contribution in [0.3, 0.4) is 0 Å². The Labute approximate surface area is 162 Å². The Bertz CT molecular complexity index is 627. The number of hydrogen-bond donors (Lipinski definition) is 0. The fourth-order valence-corrected chi connectivity index (χ4v) is 3.49. The van der Waals surface area contributed by atoms with E-state index in [1.807, 2.05) is 4.90 Å². The molecule has 2 aliphatic rings. The molecule has 0 aromatic heterocycles. The predicted octanol–water partition coefficient (Wildman–Crippen LogP) is 2.54. The normalized spacial score (nSPS) is 19.4. The van der Waals surface area contributed by atoms with Crippen LogP contribution in [0, 0.1) is 0 Å². The molecule has 1 amide bonds. The van der Waals surface area contributed by atoms with Gasteiger partial charge < -0.3 is 19.1 Å². The van der Waals surface area contributed by atoms with Crippen LogP contribution in [0.25, 0.3) is 0 Å². The van der Waals surface area contributed by atoms with Crippen LogP contribution in [0.5, 0.6) is 5.75 Å². The van der Waals surface area contributed by atoms with Crippen LogP contribution in [0.2, 0.25) is 0 Å². The van der Waals surface area contributed by atoms with Crippen molar-refractivity contribution in [2.75, 3.05) is 52.6 Å². The van der Waals surface area contributed by atoms with E-state index in [4.69, 9.17) is 9.47 Å². The molecule has 0 bridgehead atoms. The van der Waals surface area contributed by atoms with Crippen LogP contribution in [0.15, 0.2) is 24.3 Å². The molecule has 0 unspecified atom stereocenters. The molecule has 0 N–H and O–H groups in total. The molecule has 0 spiro atoms. The molecule has 2 heterocycles. The van der Waals surface area contributed by atoms with E-state index in [0.29, 0.717) is 38.5 Å². The second kappa shape index (κ2) is 9.58. The first kappa shape index (κ1) is 20.9. The van der Waals surface area contributed by atoms with E-state index in [1.54, 1.807) is 0 Å². The number of hydrogen-bond acceptors (Lipinski definition) is 5. The molecule has 9 heteroatoms. The van der Waals surface area contributed by atoms with E-state index in [1.165, 1.54) is 24.3 Å². The summed E-state index contributed by atoms with van der Waals surface area (Å²) in [5.74, 6) is -0.520. The lowest BCUT2D eigenvalue weighted by atomic mass is 10.0. The Balaban J connectivity index is 1.67. The summed E-state index contributed by atoms with van der Waals surface area (Å²) in [6.45, 7) is 5.54. The molecule has 28 heavy (non-hydrogen) atoms. The van der Waals surface area contributed by atoms with Crippen molar-refractivity contribution < 1.29 is 32.2 Å². The van der Waals surface area contributed by atoms with E-state index >= 15 is 0 Å². The minimum absolute atomic E-state index is 0.0633. The van der Waals surface area contributed by atoms with Crippen molar-refractivity contribution in [2.45, 2.75) is 25.2 Å². The molecule has 0 saturated carbocycles. The van der Waals surface area contributed by atoms with Gasteiger partial charge in [-0.15, -0.1) is 13.2 Å². The van der Waals surface area contributed by atoms with Gasteiger partial charge in [-0.05, 0) is 37.1 Å². The quantitative estimate of drug-likeness (QED) is 0.732. The van der Waals surface area contributed by atoms with E-state index < -0.39 is 6.36 Å². The maximum Gasteiger partial charge on any atom is 0.573 e. The number of morpholine rings is 1. The van der Waals surface area contributed by atoms with Crippen molar-refractivity contribution in [2.24, 2.45) is 0 Å². The second-order valence-electron chi connectivity index (χ2n) is 6.87. The summed E-state index contributed by atoms with van der Waals surface area (Å²) in [6, 6.07) is 5.17. The molecular weight excluding hydrogens is 377 g/mol. The summed E-state index contributed by atoms with van der Waals surface area (Å²) < 4.78 is 51.6. The predicted molar refractivity (Wildman–Crippen MR) is 95.3 cm³/mol. The van der Waals surface area contributed by atoms with Crippen LogP contribution < -0.4 is 4.74 Å². The number of benzene rings is 1. The van der Waals surface area contributed by atoms with Crippen molar-refractivity contribution in [3.8, 4) is 5.75 Å². The number of nitrogens with zero attached hydrogens (tertiary/aromatic N) is 2. The highest BCUT2D eigenvalue weighted by molar-refractivity contribution is 5.94. The Kier molecular flexibility index (Phi) is 7.14. The fraction of sp³-hybridized carbons (Fsp3) is 0.632. The fourth-order valence-electron chi connectivity index (χ4n) is 3.49. The van der Waals surface area contributed by atoms with Gasteiger partial charge in [-0.1, -0.05) is 0 Å². The van der Waals surface area contributed by atoms with Crippen molar-refractivity contribution in [3.63, 3.8) is 0 Å². The largest absolute Gasteiger partial charge is 0.573 e. The number of carbonyl (C=O) groups is 1. The first-order chi connectivity index (χ1) is 13.4. The molecule has 2 fully saturated rings. The van der Waals surface area contributed by atoms with E-state index in [9.17, 15) is 18.0 Å². The maximum atomic E-state index is 13.1. The lowest BCUT2D eigenvalue weighted by molar-refractivity contribution is -0.274. The second-order valence-corrected chi connectivity index (χ2v) is 6.87. The van der Waals surface area contributed by atoms with Gasteiger partial charge in [0.25, 0.3) is 5.91 Å². The smallest absolute Gasteiger partial charge is 0.406 e. The van der Waals surface area contributed by atoms with Gasteiger partial charge >= 0.3 is 6.36 Å². The molecular formula is C19H25F3N2O4. The molecule has 2 aliphatic heterocycles. The minimum Gasteiger partial charge on any atom is -0.406 e. The molecule has 0 radical (unpaired) electrons. The highest BCUT2D eigenvalue weighted by Gasteiger charge is 2.31. The zero-order valence-electron chi connectivity index (χ0n) is 15.6. The Morgan fingerprint density at radius 2 is 1.68 bits per heavy atom. The molecule has 0 aliphatic carbocycles. The monoisotopic (exact) mass is 402 g/mol. The third-order valence-electron chi connectivity index (χ3n) is 4.99. The van der Waals surface area contributed by atoms with E-state index in [2.05, 4.69) is 9.64 Å². The lowest BCUT2D eigenvalue weighted by Gasteiger charge is -2.36. The summed E-state index contributed by atoms with van der Waals surface area (Å²) in [5, 5.41) is 0. The third-order valence-corrected chi connectivity index (χ3v) is 4.99. The summed E-state index contributed by atoms with van der Waals surface area (Å²) in [7, 11) is 0. The minimum atomic E-state index is -4.75. The van der Waals surface area contributed by atoms with Crippen LogP contribution in [-0.4, -0.2) is 80.7 Å². The van der Waals surface area contributed by atoms with Crippen LogP contribution in [-0.2, 0) is 9.47 Å². The molecule has 0 atom stereocenters.